The van der Waals surface area contributed by atoms with Crippen molar-refractivity contribution in [1.82, 2.24) is 10.2 Å². The number of nitrogens with zero attached hydrogens (tertiary/aromatic N) is 1. The molecule has 1 fully saturated rings. The molecule has 1 unspecified atom stereocenters. The normalized spacial score (nSPS) is 20.8. The molecule has 4 rings (SSSR count). The molecule has 24 heavy (non-hydrogen) atoms. The summed E-state index contributed by atoms with van der Waals surface area (Å²) in [7, 11) is 2.15. The highest BCUT2D eigenvalue weighted by molar-refractivity contribution is 5.99. The Labute approximate surface area is 141 Å². The zero-order valence-electron chi connectivity index (χ0n) is 13.8. The predicted molar refractivity (Wildman–Crippen MR) is 92.5 cm³/mol. The van der Waals surface area contributed by atoms with E-state index < -0.39 is 0 Å². The quantitative estimate of drug-likeness (QED) is 0.916. The summed E-state index contributed by atoms with van der Waals surface area (Å²) < 4.78 is 13.3. The van der Waals surface area contributed by atoms with Gasteiger partial charge >= 0.3 is 0 Å². The lowest BCUT2D eigenvalue weighted by Crippen LogP contribution is -2.31. The predicted octanol–water partition coefficient (Wildman–Crippen LogP) is 3.55. The van der Waals surface area contributed by atoms with Crippen molar-refractivity contribution in [3.8, 4) is 11.1 Å². The van der Waals surface area contributed by atoms with Gasteiger partial charge in [-0.2, -0.15) is 0 Å². The molecule has 0 aliphatic carbocycles. The molecule has 2 aromatic carbocycles. The lowest BCUT2D eigenvalue weighted by atomic mass is 9.83. The van der Waals surface area contributed by atoms with Gasteiger partial charge in [-0.3, -0.25) is 4.79 Å². The van der Waals surface area contributed by atoms with Crippen molar-refractivity contribution in [3.63, 3.8) is 0 Å². The number of fused-ring (bicyclic) bond motifs is 1. The summed E-state index contributed by atoms with van der Waals surface area (Å²) in [6, 6.07) is 10.8. The van der Waals surface area contributed by atoms with Crippen LogP contribution in [0, 0.1) is 5.82 Å². The average Bonchev–Trinajstić information content (AvgIpc) is 2.95. The van der Waals surface area contributed by atoms with E-state index in [1.807, 2.05) is 6.07 Å². The Morgan fingerprint density at radius 1 is 1.17 bits per heavy atom. The molecule has 0 aromatic heterocycles. The molecule has 2 aromatic rings. The maximum absolute atomic E-state index is 13.3. The third-order valence-corrected chi connectivity index (χ3v) is 5.18. The zero-order chi connectivity index (χ0) is 16.7. The van der Waals surface area contributed by atoms with Crippen LogP contribution in [0.3, 0.4) is 0 Å². The van der Waals surface area contributed by atoms with Crippen LogP contribution in [-0.4, -0.2) is 30.9 Å². The van der Waals surface area contributed by atoms with Gasteiger partial charge in [0.1, 0.15) is 5.82 Å². The van der Waals surface area contributed by atoms with Gasteiger partial charge in [-0.25, -0.2) is 4.39 Å². The molecule has 2 heterocycles. The topological polar surface area (TPSA) is 32.3 Å². The number of likely N-dealkylation sites (N-methyl/N-ethyl adjacent to an activating group) is 1. The highest BCUT2D eigenvalue weighted by atomic mass is 19.1. The van der Waals surface area contributed by atoms with Gasteiger partial charge in [0.25, 0.3) is 5.91 Å². The Balaban J connectivity index is 1.84. The minimum atomic E-state index is -0.239. The first kappa shape index (κ1) is 15.3. The van der Waals surface area contributed by atoms with Gasteiger partial charge in [-0.05, 0) is 72.8 Å². The molecule has 124 valence electrons. The van der Waals surface area contributed by atoms with Crippen LogP contribution in [0.2, 0.25) is 0 Å². The van der Waals surface area contributed by atoms with Crippen molar-refractivity contribution in [3.05, 3.63) is 58.9 Å². The molecule has 1 N–H and O–H groups in total. The lowest BCUT2D eigenvalue weighted by Gasteiger charge is -2.31. The van der Waals surface area contributed by atoms with Crippen LogP contribution in [0.1, 0.15) is 40.2 Å². The van der Waals surface area contributed by atoms with Gasteiger partial charge in [0.15, 0.2) is 0 Å². The van der Waals surface area contributed by atoms with Gasteiger partial charge in [-0.1, -0.05) is 18.2 Å². The number of hydrogen-bond donors (Lipinski definition) is 1. The first-order valence-corrected chi connectivity index (χ1v) is 8.51. The number of likely N-dealkylation sites (tertiary alicyclic amines) is 1. The highest BCUT2D eigenvalue weighted by Gasteiger charge is 2.26. The van der Waals surface area contributed by atoms with Crippen molar-refractivity contribution < 1.29 is 9.18 Å². The van der Waals surface area contributed by atoms with Crippen molar-refractivity contribution >= 4 is 5.91 Å². The van der Waals surface area contributed by atoms with E-state index in [-0.39, 0.29) is 11.7 Å². The van der Waals surface area contributed by atoms with E-state index in [0.29, 0.717) is 12.5 Å². The van der Waals surface area contributed by atoms with Gasteiger partial charge in [-0.15, -0.1) is 0 Å². The van der Waals surface area contributed by atoms with Crippen LogP contribution in [0.4, 0.5) is 4.39 Å². The molecule has 0 spiro atoms. The van der Waals surface area contributed by atoms with Crippen LogP contribution in [0.5, 0.6) is 0 Å². The molecule has 1 saturated heterocycles. The second-order valence-corrected chi connectivity index (χ2v) is 6.89. The van der Waals surface area contributed by atoms with Crippen LogP contribution in [-0.2, 0) is 6.54 Å². The Hall–Kier alpha value is -2.20. The number of benzene rings is 2. The van der Waals surface area contributed by atoms with Gasteiger partial charge in [0, 0.05) is 18.7 Å². The standard InChI is InChI=1S/C20H21FN2O/c1-23-8-2-3-14(12-23)17-9-15-11-22-20(24)19(15)10-18(17)13-4-6-16(21)7-5-13/h4-7,9-10,14H,2-3,8,11-12H2,1H3,(H,22,24). The Kier molecular flexibility index (Phi) is 3.85. The van der Waals surface area contributed by atoms with Crippen molar-refractivity contribution in [1.29, 1.82) is 0 Å². The number of nitrogens with one attached hydrogen (secondary N) is 1. The monoisotopic (exact) mass is 324 g/mol. The molecule has 0 radical (unpaired) electrons. The number of halogens is 1. The Bertz CT molecular complexity index is 785. The Morgan fingerprint density at radius 3 is 2.71 bits per heavy atom. The van der Waals surface area contributed by atoms with Gasteiger partial charge in [0.05, 0.1) is 0 Å². The minimum absolute atomic E-state index is 0.0133. The molecular weight excluding hydrogens is 303 g/mol. The third kappa shape index (κ3) is 2.71. The summed E-state index contributed by atoms with van der Waals surface area (Å²) in [6.45, 7) is 2.76. The van der Waals surface area contributed by atoms with E-state index in [9.17, 15) is 9.18 Å². The van der Waals surface area contributed by atoms with Crippen molar-refractivity contribution in [2.75, 3.05) is 20.1 Å². The smallest absolute Gasteiger partial charge is 0.251 e. The van der Waals surface area contributed by atoms with Crippen LogP contribution in [0.15, 0.2) is 36.4 Å². The first-order valence-electron chi connectivity index (χ1n) is 8.51. The lowest BCUT2D eigenvalue weighted by molar-refractivity contribution is 0.0966. The van der Waals surface area contributed by atoms with Crippen LogP contribution >= 0.6 is 0 Å². The van der Waals surface area contributed by atoms with E-state index in [1.54, 1.807) is 12.1 Å². The highest BCUT2D eigenvalue weighted by Crippen LogP contribution is 2.37. The maximum atomic E-state index is 13.3. The number of carbonyl (C=O) groups is 1. The first-order chi connectivity index (χ1) is 11.6. The number of rotatable bonds is 2. The molecule has 0 saturated carbocycles. The number of hydrogen-bond acceptors (Lipinski definition) is 2. The van der Waals surface area contributed by atoms with Crippen molar-refractivity contribution in [2.45, 2.75) is 25.3 Å². The molecule has 1 atom stereocenters. The van der Waals surface area contributed by atoms with E-state index in [4.69, 9.17) is 0 Å². The fourth-order valence-corrected chi connectivity index (χ4v) is 3.93. The second-order valence-electron chi connectivity index (χ2n) is 6.89. The summed E-state index contributed by atoms with van der Waals surface area (Å²) >= 11 is 0. The fourth-order valence-electron chi connectivity index (χ4n) is 3.93. The third-order valence-electron chi connectivity index (χ3n) is 5.18. The zero-order valence-corrected chi connectivity index (χ0v) is 13.8. The summed E-state index contributed by atoms with van der Waals surface area (Å²) in [5.74, 6) is 0.196. The largest absolute Gasteiger partial charge is 0.348 e. The van der Waals surface area contributed by atoms with E-state index in [1.165, 1.54) is 24.1 Å². The molecular formula is C20H21FN2O. The fraction of sp³-hybridized carbons (Fsp3) is 0.350. The number of carbonyl (C=O) groups excluding carboxylic acids is 1. The van der Waals surface area contributed by atoms with Crippen LogP contribution < -0.4 is 5.32 Å². The molecule has 4 heteroatoms. The summed E-state index contributed by atoms with van der Waals surface area (Å²) in [6.07, 6.45) is 2.33. The molecule has 1 amide bonds. The minimum Gasteiger partial charge on any atom is -0.348 e. The average molecular weight is 324 g/mol. The van der Waals surface area contributed by atoms with E-state index in [2.05, 4.69) is 23.3 Å². The van der Waals surface area contributed by atoms with Crippen molar-refractivity contribution in [2.24, 2.45) is 0 Å². The maximum Gasteiger partial charge on any atom is 0.251 e. The van der Waals surface area contributed by atoms with Gasteiger partial charge < -0.3 is 10.2 Å². The van der Waals surface area contributed by atoms with E-state index in [0.717, 1.165) is 41.8 Å². The molecule has 0 bridgehead atoms. The van der Waals surface area contributed by atoms with Crippen LogP contribution in [0.25, 0.3) is 11.1 Å². The molecule has 2 aliphatic heterocycles. The number of piperidine rings is 1. The molecule has 3 nitrogen and oxygen atoms in total. The van der Waals surface area contributed by atoms with E-state index >= 15 is 0 Å². The summed E-state index contributed by atoms with van der Waals surface area (Å²) in [5, 5.41) is 2.90. The number of amides is 1. The molecule has 2 aliphatic rings. The second kappa shape index (κ2) is 6.02. The summed E-state index contributed by atoms with van der Waals surface area (Å²) in [5.41, 5.74) is 5.15. The summed E-state index contributed by atoms with van der Waals surface area (Å²) in [4.78, 5) is 14.4. The van der Waals surface area contributed by atoms with Gasteiger partial charge in [0.2, 0.25) is 0 Å². The Morgan fingerprint density at radius 2 is 1.96 bits per heavy atom. The SMILES string of the molecule is CN1CCCC(c2cc3c(cc2-c2ccc(F)cc2)C(=O)NC3)C1.